The van der Waals surface area contributed by atoms with Crippen molar-refractivity contribution in [2.45, 2.75) is 18.8 Å². The molecule has 29 heavy (non-hydrogen) atoms. The van der Waals surface area contributed by atoms with E-state index in [9.17, 15) is 14.4 Å². The molecular weight excluding hydrogens is 396 g/mol. The van der Waals surface area contributed by atoms with Gasteiger partial charge in [0.25, 0.3) is 0 Å². The molecule has 1 atom stereocenters. The van der Waals surface area contributed by atoms with Crippen molar-refractivity contribution >= 4 is 46.7 Å². The number of nitrogens with zero attached hydrogens (tertiary/aromatic N) is 3. The fourth-order valence-corrected chi connectivity index (χ4v) is 3.94. The summed E-state index contributed by atoms with van der Waals surface area (Å²) in [6, 6.07) is 5.58. The molecule has 2 aromatic rings. The maximum Gasteiger partial charge on any atom is 0.238 e. The Bertz CT molecular complexity index is 937. The lowest BCUT2D eigenvalue weighted by atomic mass is 9.92. The van der Waals surface area contributed by atoms with E-state index in [0.717, 1.165) is 37.1 Å². The second-order valence-electron chi connectivity index (χ2n) is 7.29. The molecule has 3 amide bonds. The van der Waals surface area contributed by atoms with Gasteiger partial charge < -0.3 is 10.6 Å². The molecule has 2 aliphatic rings. The number of carbonyl (C=O) groups is 3. The van der Waals surface area contributed by atoms with Gasteiger partial charge >= 0.3 is 0 Å². The lowest BCUT2D eigenvalue weighted by Crippen LogP contribution is -2.46. The minimum atomic E-state index is -0.465. The van der Waals surface area contributed by atoms with Crippen molar-refractivity contribution in [1.82, 2.24) is 25.3 Å². The van der Waals surface area contributed by atoms with Gasteiger partial charge in [0, 0.05) is 45.0 Å². The van der Waals surface area contributed by atoms with Crippen molar-refractivity contribution in [3.63, 3.8) is 0 Å². The van der Waals surface area contributed by atoms with Gasteiger partial charge in [-0.2, -0.15) is 5.10 Å². The van der Waals surface area contributed by atoms with Crippen LogP contribution in [0.5, 0.6) is 0 Å². The number of halogens is 1. The molecule has 1 aromatic heterocycles. The van der Waals surface area contributed by atoms with Crippen LogP contribution in [0.25, 0.3) is 10.9 Å². The van der Waals surface area contributed by atoms with E-state index in [4.69, 9.17) is 0 Å². The lowest BCUT2D eigenvalue weighted by Gasteiger charge is -2.26. The van der Waals surface area contributed by atoms with Gasteiger partial charge in [0.15, 0.2) is 0 Å². The van der Waals surface area contributed by atoms with Gasteiger partial charge in [0.1, 0.15) is 0 Å². The number of amides is 3. The van der Waals surface area contributed by atoms with Crippen LogP contribution in [0.2, 0.25) is 0 Å². The van der Waals surface area contributed by atoms with E-state index < -0.39 is 5.92 Å². The minimum absolute atomic E-state index is 0. The number of aryl methyl sites for hydroxylation is 1. The lowest BCUT2D eigenvalue weighted by molar-refractivity contribution is -0.134. The van der Waals surface area contributed by atoms with E-state index in [0.29, 0.717) is 30.8 Å². The average molecular weight is 421 g/mol. The number of carbonyl (C=O) groups excluding carboxylic acids is 3. The van der Waals surface area contributed by atoms with Crippen molar-refractivity contribution in [1.29, 1.82) is 0 Å². The van der Waals surface area contributed by atoms with Gasteiger partial charge in [0.2, 0.25) is 17.7 Å². The van der Waals surface area contributed by atoms with Crippen LogP contribution < -0.4 is 16.0 Å². The zero-order chi connectivity index (χ0) is 19.7. The Balaban J connectivity index is 0.00000240. The van der Waals surface area contributed by atoms with Crippen molar-refractivity contribution in [3.8, 4) is 0 Å². The number of fused-ring (bicyclic) bond motifs is 1. The summed E-state index contributed by atoms with van der Waals surface area (Å²) < 4.78 is 1.69. The molecule has 1 unspecified atom stereocenters. The molecule has 10 heteroatoms. The number of aromatic nitrogens is 2. The van der Waals surface area contributed by atoms with E-state index in [1.165, 1.54) is 0 Å². The summed E-state index contributed by atoms with van der Waals surface area (Å²) >= 11 is 0. The molecule has 3 heterocycles. The quantitative estimate of drug-likeness (QED) is 0.616. The molecule has 0 aliphatic carbocycles. The Hall–Kier alpha value is -2.49. The maximum absolute atomic E-state index is 12.5. The highest BCUT2D eigenvalue weighted by molar-refractivity contribution is 6.05. The second kappa shape index (κ2) is 8.89. The highest BCUT2D eigenvalue weighted by Gasteiger charge is 2.32. The van der Waals surface area contributed by atoms with Crippen LogP contribution in [0.15, 0.2) is 18.2 Å². The zero-order valence-electron chi connectivity index (χ0n) is 16.2. The number of hydrogen-bond donors (Lipinski definition) is 3. The third-order valence-corrected chi connectivity index (χ3v) is 5.31. The van der Waals surface area contributed by atoms with Crippen LogP contribution in [-0.2, 0) is 21.4 Å². The highest BCUT2D eigenvalue weighted by Crippen LogP contribution is 2.33. The SMILES string of the molecule is Cl.Cn1nc(C2CCC(=O)NC2=O)c2cccc(NC(=O)CN3CCNCC3)c21. The molecule has 0 bridgehead atoms. The van der Waals surface area contributed by atoms with Gasteiger partial charge in [0.05, 0.1) is 29.4 Å². The third-order valence-electron chi connectivity index (χ3n) is 5.31. The van der Waals surface area contributed by atoms with Gasteiger partial charge in [-0.05, 0) is 12.5 Å². The average Bonchev–Trinajstić information content (AvgIpc) is 3.00. The fourth-order valence-electron chi connectivity index (χ4n) is 3.94. The summed E-state index contributed by atoms with van der Waals surface area (Å²) in [5.41, 5.74) is 2.09. The molecule has 9 nitrogen and oxygen atoms in total. The molecule has 3 N–H and O–H groups in total. The van der Waals surface area contributed by atoms with E-state index in [-0.39, 0.29) is 30.1 Å². The predicted molar refractivity (Wildman–Crippen MR) is 111 cm³/mol. The first-order chi connectivity index (χ1) is 13.5. The Morgan fingerprint density at radius 3 is 2.76 bits per heavy atom. The fraction of sp³-hybridized carbons (Fsp3) is 0.474. The van der Waals surface area contributed by atoms with Crippen LogP contribution in [0, 0.1) is 0 Å². The number of rotatable bonds is 4. The predicted octanol–water partition coefficient (Wildman–Crippen LogP) is 0.359. The molecule has 2 saturated heterocycles. The molecule has 4 rings (SSSR count). The second-order valence-corrected chi connectivity index (χ2v) is 7.29. The van der Waals surface area contributed by atoms with Gasteiger partial charge in [-0.3, -0.25) is 29.3 Å². The van der Waals surface area contributed by atoms with Crippen LogP contribution in [0.4, 0.5) is 5.69 Å². The Morgan fingerprint density at radius 2 is 2.03 bits per heavy atom. The first-order valence-electron chi connectivity index (χ1n) is 9.55. The minimum Gasteiger partial charge on any atom is -0.323 e. The summed E-state index contributed by atoms with van der Waals surface area (Å²) in [6.07, 6.45) is 0.742. The number of piperazine rings is 1. The van der Waals surface area contributed by atoms with Crippen LogP contribution in [0.1, 0.15) is 24.5 Å². The molecule has 0 saturated carbocycles. The van der Waals surface area contributed by atoms with Crippen LogP contribution in [0.3, 0.4) is 0 Å². The van der Waals surface area contributed by atoms with Crippen LogP contribution in [-0.4, -0.2) is 65.1 Å². The molecule has 2 aliphatic heterocycles. The van der Waals surface area contributed by atoms with E-state index >= 15 is 0 Å². The largest absolute Gasteiger partial charge is 0.323 e. The molecule has 2 fully saturated rings. The molecule has 0 spiro atoms. The summed E-state index contributed by atoms with van der Waals surface area (Å²) in [5, 5.41) is 14.0. The van der Waals surface area contributed by atoms with Crippen molar-refractivity contribution < 1.29 is 14.4 Å². The van der Waals surface area contributed by atoms with Crippen molar-refractivity contribution in [2.24, 2.45) is 7.05 Å². The highest BCUT2D eigenvalue weighted by atomic mass is 35.5. The van der Waals surface area contributed by atoms with E-state index in [1.807, 2.05) is 18.2 Å². The smallest absolute Gasteiger partial charge is 0.238 e. The monoisotopic (exact) mass is 420 g/mol. The summed E-state index contributed by atoms with van der Waals surface area (Å²) in [5.74, 6) is -1.10. The van der Waals surface area contributed by atoms with E-state index in [2.05, 4.69) is 25.9 Å². The number of benzene rings is 1. The van der Waals surface area contributed by atoms with Crippen molar-refractivity contribution in [3.05, 3.63) is 23.9 Å². The number of anilines is 1. The summed E-state index contributed by atoms with van der Waals surface area (Å²) in [4.78, 5) is 38.4. The van der Waals surface area contributed by atoms with Gasteiger partial charge in [-0.15, -0.1) is 12.4 Å². The first-order valence-corrected chi connectivity index (χ1v) is 9.55. The van der Waals surface area contributed by atoms with Gasteiger partial charge in [-0.1, -0.05) is 12.1 Å². The van der Waals surface area contributed by atoms with Crippen LogP contribution >= 0.6 is 12.4 Å². The number of nitrogens with one attached hydrogen (secondary N) is 3. The summed E-state index contributed by atoms with van der Waals surface area (Å²) in [7, 11) is 1.80. The number of para-hydroxylation sites is 1. The normalized spacial score (nSPS) is 20.2. The Kier molecular flexibility index (Phi) is 6.51. The molecular formula is C19H25ClN6O3. The van der Waals surface area contributed by atoms with Gasteiger partial charge in [-0.25, -0.2) is 0 Å². The third kappa shape index (κ3) is 4.42. The maximum atomic E-state index is 12.5. The number of piperidine rings is 1. The number of hydrogen-bond acceptors (Lipinski definition) is 6. The topological polar surface area (TPSA) is 108 Å². The molecule has 1 aromatic carbocycles. The number of imide groups is 1. The standard InChI is InChI=1S/C19H24N6O3.ClH/c1-24-18-12(17(23-24)13-5-6-15(26)22-19(13)28)3-2-4-14(18)21-16(27)11-25-9-7-20-8-10-25;/h2-4,13,20H,5-11H2,1H3,(H,21,27)(H,22,26,28);1H. The summed E-state index contributed by atoms with van der Waals surface area (Å²) in [6.45, 7) is 3.82. The van der Waals surface area contributed by atoms with Crippen molar-refractivity contribution in [2.75, 3.05) is 38.0 Å². The van der Waals surface area contributed by atoms with E-state index in [1.54, 1.807) is 11.7 Å². The Labute approximate surface area is 174 Å². The molecule has 156 valence electrons. The molecule has 0 radical (unpaired) electrons. The zero-order valence-corrected chi connectivity index (χ0v) is 17.1. The first kappa shape index (κ1) is 21.2. The Morgan fingerprint density at radius 1 is 1.28 bits per heavy atom.